The van der Waals surface area contributed by atoms with E-state index in [-0.39, 0.29) is 15.0 Å². The first-order valence-corrected chi connectivity index (χ1v) is 10.5. The molecule has 26 heavy (non-hydrogen) atoms. The lowest BCUT2D eigenvalue weighted by atomic mass is 10.2. The summed E-state index contributed by atoms with van der Waals surface area (Å²) in [4.78, 5) is 20.1. The summed E-state index contributed by atoms with van der Waals surface area (Å²) in [5.74, 6) is 0. The Labute approximate surface area is 156 Å². The molecule has 3 rings (SSSR count). The SMILES string of the molecule is Cc1nc(N(C)C(=O)Nc2ccc(N3CCCC3)cc2)sc1S(N)(=O)=O. The molecule has 1 fully saturated rings. The molecule has 0 saturated carbocycles. The molecular weight excluding hydrogens is 374 g/mol. The largest absolute Gasteiger partial charge is 0.372 e. The lowest BCUT2D eigenvalue weighted by molar-refractivity contribution is 0.258. The zero-order chi connectivity index (χ0) is 18.9. The van der Waals surface area contributed by atoms with Crippen molar-refractivity contribution in [3.8, 4) is 0 Å². The second-order valence-electron chi connectivity index (χ2n) is 6.14. The van der Waals surface area contributed by atoms with Crippen molar-refractivity contribution in [1.82, 2.24) is 4.98 Å². The summed E-state index contributed by atoms with van der Waals surface area (Å²) in [6, 6.07) is 7.25. The van der Waals surface area contributed by atoms with Crippen molar-refractivity contribution < 1.29 is 13.2 Å². The number of carbonyl (C=O) groups excluding carboxylic acids is 1. The van der Waals surface area contributed by atoms with Gasteiger partial charge < -0.3 is 10.2 Å². The predicted molar refractivity (Wildman–Crippen MR) is 104 cm³/mol. The van der Waals surface area contributed by atoms with E-state index in [2.05, 4.69) is 15.2 Å². The number of nitrogens with zero attached hydrogens (tertiary/aromatic N) is 3. The minimum Gasteiger partial charge on any atom is -0.372 e. The van der Waals surface area contributed by atoms with Crippen molar-refractivity contribution in [2.45, 2.75) is 24.0 Å². The fourth-order valence-corrected chi connectivity index (χ4v) is 4.71. The van der Waals surface area contributed by atoms with Crippen LogP contribution in [0.1, 0.15) is 18.5 Å². The van der Waals surface area contributed by atoms with Gasteiger partial charge >= 0.3 is 6.03 Å². The third kappa shape index (κ3) is 3.97. The van der Waals surface area contributed by atoms with Crippen molar-refractivity contribution in [1.29, 1.82) is 0 Å². The van der Waals surface area contributed by atoms with E-state index in [1.807, 2.05) is 24.3 Å². The van der Waals surface area contributed by atoms with E-state index >= 15 is 0 Å². The van der Waals surface area contributed by atoms with Gasteiger partial charge in [0, 0.05) is 31.5 Å². The van der Waals surface area contributed by atoms with Crippen LogP contribution in [-0.2, 0) is 10.0 Å². The first-order chi connectivity index (χ1) is 12.3. The minimum atomic E-state index is -3.85. The molecule has 2 aromatic rings. The van der Waals surface area contributed by atoms with Gasteiger partial charge in [-0.3, -0.25) is 4.90 Å². The van der Waals surface area contributed by atoms with E-state index in [0.717, 1.165) is 30.1 Å². The zero-order valence-electron chi connectivity index (χ0n) is 14.6. The molecule has 0 bridgehead atoms. The van der Waals surface area contributed by atoms with E-state index < -0.39 is 16.1 Å². The summed E-state index contributed by atoms with van der Waals surface area (Å²) in [6.45, 7) is 3.66. The molecule has 3 N–H and O–H groups in total. The number of carbonyl (C=O) groups is 1. The number of hydrogen-bond acceptors (Lipinski definition) is 6. The maximum atomic E-state index is 12.4. The number of rotatable bonds is 4. The van der Waals surface area contributed by atoms with Crippen molar-refractivity contribution in [3.63, 3.8) is 0 Å². The molecule has 0 aliphatic carbocycles. The molecule has 1 aliphatic heterocycles. The Hall–Kier alpha value is -2.17. The molecule has 140 valence electrons. The number of benzene rings is 1. The molecule has 1 saturated heterocycles. The van der Waals surface area contributed by atoms with Gasteiger partial charge in [0.15, 0.2) is 9.34 Å². The van der Waals surface area contributed by atoms with Crippen LogP contribution in [0.15, 0.2) is 28.5 Å². The number of urea groups is 1. The highest BCUT2D eigenvalue weighted by Crippen LogP contribution is 2.29. The molecule has 0 unspecified atom stereocenters. The number of sulfonamides is 1. The minimum absolute atomic E-state index is 0.0397. The van der Waals surface area contributed by atoms with Crippen molar-refractivity contribution in [2.24, 2.45) is 5.14 Å². The van der Waals surface area contributed by atoms with Gasteiger partial charge in [0.2, 0.25) is 10.0 Å². The monoisotopic (exact) mass is 395 g/mol. The van der Waals surface area contributed by atoms with E-state index in [1.165, 1.54) is 24.8 Å². The zero-order valence-corrected chi connectivity index (χ0v) is 16.2. The smallest absolute Gasteiger partial charge is 0.327 e. The molecule has 1 aromatic carbocycles. The average Bonchev–Trinajstić information content (AvgIpc) is 3.24. The van der Waals surface area contributed by atoms with Crippen LogP contribution >= 0.6 is 11.3 Å². The Morgan fingerprint density at radius 1 is 1.27 bits per heavy atom. The molecule has 0 atom stereocenters. The lowest BCUT2D eigenvalue weighted by Gasteiger charge is -2.18. The van der Waals surface area contributed by atoms with Gasteiger partial charge in [-0.25, -0.2) is 23.3 Å². The topological polar surface area (TPSA) is 109 Å². The molecule has 0 spiro atoms. The number of anilines is 3. The maximum absolute atomic E-state index is 12.4. The van der Waals surface area contributed by atoms with Gasteiger partial charge in [0.05, 0.1) is 5.69 Å². The number of thiazole rings is 1. The number of aryl methyl sites for hydroxylation is 1. The highest BCUT2D eigenvalue weighted by atomic mass is 32.2. The first-order valence-electron chi connectivity index (χ1n) is 8.15. The number of nitrogens with two attached hydrogens (primary N) is 1. The van der Waals surface area contributed by atoms with Crippen LogP contribution in [0.25, 0.3) is 0 Å². The van der Waals surface area contributed by atoms with Gasteiger partial charge in [-0.2, -0.15) is 0 Å². The van der Waals surface area contributed by atoms with E-state index in [9.17, 15) is 13.2 Å². The summed E-state index contributed by atoms with van der Waals surface area (Å²) < 4.78 is 23.0. The van der Waals surface area contributed by atoms with Gasteiger partial charge in [-0.15, -0.1) is 0 Å². The Bertz CT molecular complexity index is 902. The van der Waals surface area contributed by atoms with Crippen LogP contribution in [-0.4, -0.2) is 39.6 Å². The predicted octanol–water partition coefficient (Wildman–Crippen LogP) is 2.37. The summed E-state index contributed by atoms with van der Waals surface area (Å²) in [5.41, 5.74) is 2.08. The number of aromatic nitrogens is 1. The fraction of sp³-hybridized carbons (Fsp3) is 0.375. The quantitative estimate of drug-likeness (QED) is 0.826. The van der Waals surface area contributed by atoms with Crippen LogP contribution in [0.3, 0.4) is 0 Å². The Kier molecular flexibility index (Phi) is 5.17. The highest BCUT2D eigenvalue weighted by Gasteiger charge is 2.22. The van der Waals surface area contributed by atoms with Gasteiger partial charge in [-0.05, 0) is 44.0 Å². The third-order valence-corrected chi connectivity index (χ3v) is 6.97. The van der Waals surface area contributed by atoms with Crippen LogP contribution in [0.2, 0.25) is 0 Å². The summed E-state index contributed by atoms with van der Waals surface area (Å²) >= 11 is 0.867. The first kappa shape index (κ1) is 18.6. The molecule has 2 amide bonds. The van der Waals surface area contributed by atoms with E-state index in [1.54, 1.807) is 6.92 Å². The fourth-order valence-electron chi connectivity index (χ4n) is 2.80. The van der Waals surface area contributed by atoms with Crippen LogP contribution in [0.4, 0.5) is 21.3 Å². The average molecular weight is 396 g/mol. The maximum Gasteiger partial charge on any atom is 0.327 e. The van der Waals surface area contributed by atoms with Crippen molar-refractivity contribution in [3.05, 3.63) is 30.0 Å². The van der Waals surface area contributed by atoms with Crippen LogP contribution in [0, 0.1) is 6.92 Å². The van der Waals surface area contributed by atoms with Crippen LogP contribution in [0.5, 0.6) is 0 Å². The second-order valence-corrected chi connectivity index (χ2v) is 8.88. The molecule has 10 heteroatoms. The molecule has 1 aliphatic rings. The van der Waals surface area contributed by atoms with E-state index in [0.29, 0.717) is 5.69 Å². The molecule has 0 radical (unpaired) electrons. The molecular formula is C16H21N5O3S2. The number of hydrogen-bond donors (Lipinski definition) is 2. The summed E-state index contributed by atoms with van der Waals surface area (Å²) in [7, 11) is -2.32. The summed E-state index contributed by atoms with van der Waals surface area (Å²) in [5, 5.41) is 8.20. The van der Waals surface area contributed by atoms with Crippen molar-refractivity contribution in [2.75, 3.05) is 35.3 Å². The Morgan fingerprint density at radius 3 is 2.42 bits per heavy atom. The molecule has 8 nitrogen and oxygen atoms in total. The standard InChI is InChI=1S/C16H21N5O3S2/c1-11-14(26(17,23)24)25-16(18-11)20(2)15(22)19-12-5-7-13(8-6-12)21-9-3-4-10-21/h5-8H,3-4,9-10H2,1-2H3,(H,19,22)(H2,17,23,24). The highest BCUT2D eigenvalue weighted by molar-refractivity contribution is 7.91. The van der Waals surface area contributed by atoms with Crippen molar-refractivity contribution >= 4 is 43.9 Å². The Morgan fingerprint density at radius 2 is 1.88 bits per heavy atom. The van der Waals surface area contributed by atoms with Gasteiger partial charge in [-0.1, -0.05) is 11.3 Å². The van der Waals surface area contributed by atoms with Gasteiger partial charge in [0.25, 0.3) is 0 Å². The lowest BCUT2D eigenvalue weighted by Crippen LogP contribution is -2.31. The molecule has 2 heterocycles. The molecule has 1 aromatic heterocycles. The summed E-state index contributed by atoms with van der Waals surface area (Å²) in [6.07, 6.45) is 2.41. The second kappa shape index (κ2) is 7.22. The number of amides is 2. The van der Waals surface area contributed by atoms with Crippen LogP contribution < -0.4 is 20.3 Å². The normalized spacial score (nSPS) is 14.5. The van der Waals surface area contributed by atoms with Gasteiger partial charge in [0.1, 0.15) is 0 Å². The number of nitrogens with one attached hydrogen (secondary N) is 1. The van der Waals surface area contributed by atoms with E-state index in [4.69, 9.17) is 5.14 Å². The number of primary sulfonamides is 1. The third-order valence-electron chi connectivity index (χ3n) is 4.18. The Balaban J connectivity index is 1.69.